The highest BCUT2D eigenvalue weighted by molar-refractivity contribution is 5.16. The molecule has 0 aromatic heterocycles. The molecule has 0 amide bonds. The summed E-state index contributed by atoms with van der Waals surface area (Å²) in [7, 11) is 0. The first kappa shape index (κ1) is 10.6. The van der Waals surface area contributed by atoms with E-state index in [2.05, 4.69) is 27.7 Å². The summed E-state index contributed by atoms with van der Waals surface area (Å²) in [5.74, 6) is 2.22. The van der Waals surface area contributed by atoms with Crippen LogP contribution in [-0.4, -0.2) is 5.11 Å². The molecular formula is C12H22O. The van der Waals surface area contributed by atoms with Crippen LogP contribution < -0.4 is 0 Å². The first-order valence-electron chi connectivity index (χ1n) is 5.46. The predicted octanol–water partition coefficient (Wildman–Crippen LogP) is 3.91. The number of aliphatic hydroxyl groups is 1. The molecular weight excluding hydrogens is 160 g/mol. The molecule has 0 aliphatic heterocycles. The molecule has 0 aromatic rings. The summed E-state index contributed by atoms with van der Waals surface area (Å²) in [6.07, 6.45) is 3.52. The molecule has 1 N–H and O–H groups in total. The fourth-order valence-electron chi connectivity index (χ4n) is 2.25. The number of hydrogen-bond acceptors (Lipinski definition) is 1. The van der Waals surface area contributed by atoms with E-state index in [0.29, 0.717) is 23.5 Å². The van der Waals surface area contributed by atoms with Gasteiger partial charge in [-0.2, -0.15) is 0 Å². The van der Waals surface area contributed by atoms with Crippen molar-refractivity contribution in [1.82, 2.24) is 0 Å². The standard InChI is InChI=1S/C12H22O/c1-8(2)10-6-5-7-11(9(3)4)12(10)13/h8-10,13H,5-7H2,1-4H3. The lowest BCUT2D eigenvalue weighted by atomic mass is 9.79. The van der Waals surface area contributed by atoms with Crippen molar-refractivity contribution in [2.75, 3.05) is 0 Å². The summed E-state index contributed by atoms with van der Waals surface area (Å²) in [5.41, 5.74) is 1.30. The third kappa shape index (κ3) is 2.26. The SMILES string of the molecule is CC(C)C1=C(O)C(C(C)C)CCC1. The highest BCUT2D eigenvalue weighted by Crippen LogP contribution is 2.36. The molecule has 76 valence electrons. The van der Waals surface area contributed by atoms with Crippen molar-refractivity contribution in [2.24, 2.45) is 17.8 Å². The summed E-state index contributed by atoms with van der Waals surface area (Å²) in [6.45, 7) is 8.75. The zero-order valence-electron chi connectivity index (χ0n) is 9.30. The zero-order valence-corrected chi connectivity index (χ0v) is 9.30. The molecule has 0 bridgehead atoms. The second-order valence-electron chi connectivity index (χ2n) is 4.81. The molecule has 13 heavy (non-hydrogen) atoms. The smallest absolute Gasteiger partial charge is 0.0950 e. The van der Waals surface area contributed by atoms with Crippen molar-refractivity contribution in [3.63, 3.8) is 0 Å². The molecule has 0 radical (unpaired) electrons. The Bertz CT molecular complexity index is 201. The Kier molecular flexibility index (Phi) is 3.40. The maximum absolute atomic E-state index is 10.0. The first-order chi connectivity index (χ1) is 6.04. The highest BCUT2D eigenvalue weighted by Gasteiger charge is 2.26. The fourth-order valence-corrected chi connectivity index (χ4v) is 2.25. The van der Waals surface area contributed by atoms with Crippen molar-refractivity contribution in [1.29, 1.82) is 0 Å². The van der Waals surface area contributed by atoms with Gasteiger partial charge in [-0.3, -0.25) is 0 Å². The summed E-state index contributed by atoms with van der Waals surface area (Å²) in [5, 5.41) is 10.0. The van der Waals surface area contributed by atoms with Gasteiger partial charge in [0.25, 0.3) is 0 Å². The lowest BCUT2D eigenvalue weighted by Gasteiger charge is -2.29. The van der Waals surface area contributed by atoms with Crippen LogP contribution in [0.4, 0.5) is 0 Å². The largest absolute Gasteiger partial charge is 0.512 e. The van der Waals surface area contributed by atoms with Crippen LogP contribution in [-0.2, 0) is 0 Å². The zero-order chi connectivity index (χ0) is 10.0. The van der Waals surface area contributed by atoms with Crippen LogP contribution in [0, 0.1) is 17.8 Å². The Morgan fingerprint density at radius 1 is 1.23 bits per heavy atom. The monoisotopic (exact) mass is 182 g/mol. The molecule has 1 rings (SSSR count). The minimum atomic E-state index is 0.422. The van der Waals surface area contributed by atoms with E-state index in [-0.39, 0.29) is 0 Å². The molecule has 0 saturated heterocycles. The van der Waals surface area contributed by atoms with Gasteiger partial charge in [-0.15, -0.1) is 0 Å². The van der Waals surface area contributed by atoms with Gasteiger partial charge in [0.05, 0.1) is 5.76 Å². The molecule has 1 aliphatic rings. The molecule has 1 nitrogen and oxygen atoms in total. The Hall–Kier alpha value is -0.460. The van der Waals surface area contributed by atoms with Crippen molar-refractivity contribution >= 4 is 0 Å². The summed E-state index contributed by atoms with van der Waals surface area (Å²) >= 11 is 0. The van der Waals surface area contributed by atoms with Gasteiger partial charge in [-0.05, 0) is 36.7 Å². The number of aliphatic hydroxyl groups excluding tert-OH is 1. The quantitative estimate of drug-likeness (QED) is 0.686. The molecule has 1 unspecified atom stereocenters. The normalized spacial score (nSPS) is 24.6. The van der Waals surface area contributed by atoms with E-state index in [1.165, 1.54) is 18.4 Å². The molecule has 1 aliphatic carbocycles. The molecule has 0 heterocycles. The third-order valence-corrected chi connectivity index (χ3v) is 3.14. The number of allylic oxidation sites excluding steroid dienone is 2. The van der Waals surface area contributed by atoms with Gasteiger partial charge in [-0.1, -0.05) is 27.7 Å². The maximum atomic E-state index is 10.0. The van der Waals surface area contributed by atoms with E-state index < -0.39 is 0 Å². The van der Waals surface area contributed by atoms with E-state index in [1.54, 1.807) is 0 Å². The molecule has 1 heteroatoms. The van der Waals surface area contributed by atoms with Crippen molar-refractivity contribution in [2.45, 2.75) is 47.0 Å². The minimum absolute atomic E-state index is 0.422. The second kappa shape index (κ2) is 4.17. The summed E-state index contributed by atoms with van der Waals surface area (Å²) in [4.78, 5) is 0. The lowest BCUT2D eigenvalue weighted by molar-refractivity contribution is 0.238. The van der Waals surface area contributed by atoms with E-state index >= 15 is 0 Å². The Morgan fingerprint density at radius 2 is 1.85 bits per heavy atom. The second-order valence-corrected chi connectivity index (χ2v) is 4.81. The minimum Gasteiger partial charge on any atom is -0.512 e. The van der Waals surface area contributed by atoms with Gasteiger partial charge in [0.15, 0.2) is 0 Å². The van der Waals surface area contributed by atoms with Crippen LogP contribution in [0.3, 0.4) is 0 Å². The summed E-state index contributed by atoms with van der Waals surface area (Å²) < 4.78 is 0. The first-order valence-corrected chi connectivity index (χ1v) is 5.46. The van der Waals surface area contributed by atoms with Gasteiger partial charge in [0.1, 0.15) is 0 Å². The van der Waals surface area contributed by atoms with Gasteiger partial charge in [0, 0.05) is 5.92 Å². The van der Waals surface area contributed by atoms with Gasteiger partial charge < -0.3 is 5.11 Å². The van der Waals surface area contributed by atoms with Gasteiger partial charge in [0.2, 0.25) is 0 Å². The van der Waals surface area contributed by atoms with Crippen LogP contribution in [0.15, 0.2) is 11.3 Å². The molecule has 0 aromatic carbocycles. The molecule has 0 spiro atoms. The predicted molar refractivity (Wildman–Crippen MR) is 56.7 cm³/mol. The van der Waals surface area contributed by atoms with Crippen LogP contribution in [0.1, 0.15) is 47.0 Å². The Morgan fingerprint density at radius 3 is 2.31 bits per heavy atom. The van der Waals surface area contributed by atoms with Crippen LogP contribution in [0.5, 0.6) is 0 Å². The Balaban J connectivity index is 2.85. The fraction of sp³-hybridized carbons (Fsp3) is 0.833. The van der Waals surface area contributed by atoms with E-state index in [9.17, 15) is 5.11 Å². The van der Waals surface area contributed by atoms with E-state index in [1.807, 2.05) is 0 Å². The summed E-state index contributed by atoms with van der Waals surface area (Å²) in [6, 6.07) is 0. The van der Waals surface area contributed by atoms with Crippen LogP contribution in [0.25, 0.3) is 0 Å². The third-order valence-electron chi connectivity index (χ3n) is 3.14. The average molecular weight is 182 g/mol. The average Bonchev–Trinajstić information content (AvgIpc) is 2.03. The van der Waals surface area contributed by atoms with Crippen LogP contribution in [0.2, 0.25) is 0 Å². The van der Waals surface area contributed by atoms with Crippen LogP contribution >= 0.6 is 0 Å². The van der Waals surface area contributed by atoms with E-state index in [4.69, 9.17) is 0 Å². The van der Waals surface area contributed by atoms with Crippen molar-refractivity contribution < 1.29 is 5.11 Å². The maximum Gasteiger partial charge on any atom is 0.0950 e. The molecule has 1 atom stereocenters. The van der Waals surface area contributed by atoms with Crippen molar-refractivity contribution in [3.8, 4) is 0 Å². The lowest BCUT2D eigenvalue weighted by Crippen LogP contribution is -2.19. The Labute approximate surface area is 81.9 Å². The number of rotatable bonds is 2. The van der Waals surface area contributed by atoms with E-state index in [0.717, 1.165) is 6.42 Å². The number of hydrogen-bond donors (Lipinski definition) is 1. The highest BCUT2D eigenvalue weighted by atomic mass is 16.3. The van der Waals surface area contributed by atoms with Crippen molar-refractivity contribution in [3.05, 3.63) is 11.3 Å². The molecule has 0 saturated carbocycles. The van der Waals surface area contributed by atoms with Gasteiger partial charge >= 0.3 is 0 Å². The van der Waals surface area contributed by atoms with Gasteiger partial charge in [-0.25, -0.2) is 0 Å². The molecule has 0 fully saturated rings. The topological polar surface area (TPSA) is 20.2 Å².